The van der Waals surface area contributed by atoms with E-state index in [0.717, 1.165) is 25.2 Å². The summed E-state index contributed by atoms with van der Waals surface area (Å²) in [7, 11) is 2.19. The fourth-order valence-corrected chi connectivity index (χ4v) is 3.48. The monoisotopic (exact) mass is 326 g/mol. The molecule has 0 amide bonds. The number of pyridine rings is 1. The summed E-state index contributed by atoms with van der Waals surface area (Å²) in [5.74, 6) is 0. The van der Waals surface area contributed by atoms with Gasteiger partial charge in [-0.2, -0.15) is 0 Å². The van der Waals surface area contributed by atoms with E-state index in [1.54, 1.807) is 0 Å². The van der Waals surface area contributed by atoms with Gasteiger partial charge in [0.05, 0.1) is 0 Å². The number of nitrogens with zero attached hydrogens (tertiary/aromatic N) is 2. The Balaban J connectivity index is 1.65. The van der Waals surface area contributed by atoms with Gasteiger partial charge in [-0.05, 0) is 52.4 Å². The molecule has 0 aliphatic heterocycles. The average Bonchev–Trinajstić information content (AvgIpc) is 2.67. The van der Waals surface area contributed by atoms with Crippen molar-refractivity contribution in [1.29, 1.82) is 0 Å². The molecule has 4 aromatic rings. The van der Waals surface area contributed by atoms with Crippen molar-refractivity contribution in [2.24, 2.45) is 0 Å². The lowest BCUT2D eigenvalue weighted by Crippen LogP contribution is -2.21. The zero-order valence-electron chi connectivity index (χ0n) is 14.5. The van der Waals surface area contributed by atoms with Crippen molar-refractivity contribution in [3.63, 3.8) is 0 Å². The van der Waals surface area contributed by atoms with Gasteiger partial charge in [-0.15, -0.1) is 0 Å². The van der Waals surface area contributed by atoms with E-state index in [4.69, 9.17) is 0 Å². The van der Waals surface area contributed by atoms with E-state index in [2.05, 4.69) is 83.7 Å². The Bertz CT molecular complexity index is 938. The van der Waals surface area contributed by atoms with Crippen molar-refractivity contribution < 1.29 is 0 Å². The van der Waals surface area contributed by atoms with Crippen LogP contribution in [0.1, 0.15) is 11.3 Å². The highest BCUT2D eigenvalue weighted by atomic mass is 15.1. The van der Waals surface area contributed by atoms with Crippen molar-refractivity contribution in [3.05, 3.63) is 90.3 Å². The van der Waals surface area contributed by atoms with Crippen LogP contribution in [0.2, 0.25) is 0 Å². The predicted molar refractivity (Wildman–Crippen MR) is 106 cm³/mol. The molecule has 25 heavy (non-hydrogen) atoms. The van der Waals surface area contributed by atoms with Crippen molar-refractivity contribution >= 4 is 21.5 Å². The van der Waals surface area contributed by atoms with Gasteiger partial charge in [0.2, 0.25) is 0 Å². The Morgan fingerprint density at radius 2 is 1.44 bits per heavy atom. The van der Waals surface area contributed by atoms with Gasteiger partial charge < -0.3 is 4.90 Å². The minimum absolute atomic E-state index is 0.939. The molecule has 0 bridgehead atoms. The third-order valence-corrected chi connectivity index (χ3v) is 4.79. The van der Waals surface area contributed by atoms with Crippen molar-refractivity contribution in [3.8, 4) is 0 Å². The molecular formula is C23H22N2. The Morgan fingerprint density at radius 1 is 0.800 bits per heavy atom. The zero-order valence-corrected chi connectivity index (χ0v) is 14.5. The molecule has 0 saturated carbocycles. The third-order valence-electron chi connectivity index (χ3n) is 4.79. The Kier molecular flexibility index (Phi) is 4.45. The minimum Gasteiger partial charge on any atom is -0.302 e. The molecule has 0 atom stereocenters. The van der Waals surface area contributed by atoms with E-state index in [0.29, 0.717) is 0 Å². The number of aromatic nitrogens is 1. The molecule has 0 N–H and O–H groups in total. The molecule has 0 saturated heterocycles. The van der Waals surface area contributed by atoms with Crippen LogP contribution < -0.4 is 0 Å². The van der Waals surface area contributed by atoms with Gasteiger partial charge in [-0.3, -0.25) is 4.98 Å². The van der Waals surface area contributed by atoms with Crippen LogP contribution in [0.25, 0.3) is 21.5 Å². The lowest BCUT2D eigenvalue weighted by atomic mass is 9.96. The summed E-state index contributed by atoms with van der Waals surface area (Å²) in [5.41, 5.74) is 2.56. The number of likely N-dealkylation sites (N-methyl/N-ethyl adjacent to an activating group) is 1. The normalized spacial score (nSPS) is 11.4. The van der Waals surface area contributed by atoms with Gasteiger partial charge in [0.25, 0.3) is 0 Å². The van der Waals surface area contributed by atoms with Crippen LogP contribution in [0, 0.1) is 0 Å². The quantitative estimate of drug-likeness (QED) is 0.476. The average molecular weight is 326 g/mol. The van der Waals surface area contributed by atoms with E-state index in [1.165, 1.54) is 27.1 Å². The highest BCUT2D eigenvalue weighted by Gasteiger charge is 2.10. The van der Waals surface area contributed by atoms with Crippen LogP contribution in [-0.4, -0.2) is 23.5 Å². The fourth-order valence-electron chi connectivity index (χ4n) is 3.48. The molecule has 2 heteroatoms. The Hall–Kier alpha value is -2.71. The largest absolute Gasteiger partial charge is 0.302 e. The van der Waals surface area contributed by atoms with Gasteiger partial charge in [-0.25, -0.2) is 0 Å². The van der Waals surface area contributed by atoms with Crippen LogP contribution >= 0.6 is 0 Å². The standard InChI is InChI=1S/C23H22N2/c1-25(15-13-20-10-6-7-14-24-20)17-23-21-11-4-2-8-18(21)16-19-9-3-5-12-22(19)23/h2-12,14,16H,13,15,17H2,1H3. The van der Waals surface area contributed by atoms with Crippen molar-refractivity contribution in [2.75, 3.05) is 13.6 Å². The van der Waals surface area contributed by atoms with E-state index in [1.807, 2.05) is 12.3 Å². The molecule has 0 unspecified atom stereocenters. The maximum absolute atomic E-state index is 4.43. The van der Waals surface area contributed by atoms with Crippen molar-refractivity contribution in [2.45, 2.75) is 13.0 Å². The van der Waals surface area contributed by atoms with E-state index >= 15 is 0 Å². The number of hydrogen-bond acceptors (Lipinski definition) is 2. The topological polar surface area (TPSA) is 16.1 Å². The summed E-state index contributed by atoms with van der Waals surface area (Å²) in [6.07, 6.45) is 2.84. The summed E-state index contributed by atoms with van der Waals surface area (Å²) in [5, 5.41) is 5.33. The van der Waals surface area contributed by atoms with Gasteiger partial charge >= 0.3 is 0 Å². The SMILES string of the molecule is CN(CCc1ccccn1)Cc1c2ccccc2cc2ccccc12. The van der Waals surface area contributed by atoms with E-state index < -0.39 is 0 Å². The van der Waals surface area contributed by atoms with Crippen LogP contribution in [0.4, 0.5) is 0 Å². The second-order valence-corrected chi connectivity index (χ2v) is 6.61. The summed E-state index contributed by atoms with van der Waals surface area (Å²) in [4.78, 5) is 6.82. The number of fused-ring (bicyclic) bond motifs is 2. The summed E-state index contributed by atoms with van der Waals surface area (Å²) < 4.78 is 0. The number of rotatable bonds is 5. The second kappa shape index (κ2) is 7.04. The molecule has 4 rings (SSSR count). The first-order valence-electron chi connectivity index (χ1n) is 8.79. The highest BCUT2D eigenvalue weighted by Crippen LogP contribution is 2.29. The lowest BCUT2D eigenvalue weighted by molar-refractivity contribution is 0.332. The molecular weight excluding hydrogens is 304 g/mol. The number of benzene rings is 3. The predicted octanol–water partition coefficient (Wildman–Crippen LogP) is 5.06. The Labute approximate surface area is 148 Å². The molecule has 0 spiro atoms. The van der Waals surface area contributed by atoms with E-state index in [-0.39, 0.29) is 0 Å². The molecule has 0 aliphatic carbocycles. The van der Waals surface area contributed by atoms with Crippen molar-refractivity contribution in [1.82, 2.24) is 9.88 Å². The summed E-state index contributed by atoms with van der Waals surface area (Å²) >= 11 is 0. The molecule has 0 fully saturated rings. The third kappa shape index (κ3) is 3.40. The number of hydrogen-bond donors (Lipinski definition) is 0. The Morgan fingerprint density at radius 3 is 2.08 bits per heavy atom. The first-order valence-corrected chi connectivity index (χ1v) is 8.79. The first-order chi connectivity index (χ1) is 12.3. The first kappa shape index (κ1) is 15.8. The maximum atomic E-state index is 4.43. The maximum Gasteiger partial charge on any atom is 0.0416 e. The van der Waals surface area contributed by atoms with Crippen LogP contribution in [0.3, 0.4) is 0 Å². The summed E-state index contributed by atoms with van der Waals surface area (Å²) in [6, 6.07) is 25.8. The summed E-state index contributed by atoms with van der Waals surface area (Å²) in [6.45, 7) is 1.93. The van der Waals surface area contributed by atoms with Gasteiger partial charge in [-0.1, -0.05) is 54.6 Å². The molecule has 0 aliphatic rings. The zero-order chi connectivity index (χ0) is 17.1. The fraction of sp³-hybridized carbons (Fsp3) is 0.174. The molecule has 0 radical (unpaired) electrons. The van der Waals surface area contributed by atoms with Crippen LogP contribution in [0.5, 0.6) is 0 Å². The van der Waals surface area contributed by atoms with Gasteiger partial charge in [0, 0.05) is 31.4 Å². The van der Waals surface area contributed by atoms with Crippen LogP contribution in [-0.2, 0) is 13.0 Å². The lowest BCUT2D eigenvalue weighted by Gasteiger charge is -2.19. The van der Waals surface area contributed by atoms with E-state index in [9.17, 15) is 0 Å². The molecule has 1 aromatic heterocycles. The molecule has 2 nitrogen and oxygen atoms in total. The smallest absolute Gasteiger partial charge is 0.0416 e. The van der Waals surface area contributed by atoms with Gasteiger partial charge in [0.1, 0.15) is 0 Å². The van der Waals surface area contributed by atoms with Gasteiger partial charge in [0.15, 0.2) is 0 Å². The van der Waals surface area contributed by atoms with Crippen LogP contribution in [0.15, 0.2) is 79.0 Å². The molecule has 124 valence electrons. The minimum atomic E-state index is 0.939. The highest BCUT2D eigenvalue weighted by molar-refractivity contribution is 6.02. The second-order valence-electron chi connectivity index (χ2n) is 6.61. The molecule has 1 heterocycles. The molecule has 3 aromatic carbocycles.